The molecule has 11 heteroatoms. The highest BCUT2D eigenvalue weighted by atomic mass is 16.6. The number of hydrogen-bond acceptors (Lipinski definition) is 8. The topological polar surface area (TPSA) is 142 Å². The Hall–Kier alpha value is -3.51. The van der Waals surface area contributed by atoms with Crippen LogP contribution in [0.25, 0.3) is 0 Å². The Balaban J connectivity index is 1.43. The van der Waals surface area contributed by atoms with Crippen molar-refractivity contribution in [3.8, 4) is 5.75 Å². The second-order valence-corrected chi connectivity index (χ2v) is 16.7. The average Bonchev–Trinajstić information content (AvgIpc) is 3.96. The van der Waals surface area contributed by atoms with Gasteiger partial charge in [-0.05, 0) is 56.4 Å². The molecule has 2 aromatic carbocycles. The van der Waals surface area contributed by atoms with Gasteiger partial charge in [-0.15, -0.1) is 0 Å². The first-order chi connectivity index (χ1) is 27.1. The van der Waals surface area contributed by atoms with Gasteiger partial charge in [-0.3, -0.25) is 19.3 Å². The van der Waals surface area contributed by atoms with Crippen LogP contribution in [0.4, 0.5) is 0 Å². The van der Waals surface area contributed by atoms with E-state index in [0.29, 0.717) is 45.1 Å². The Labute approximate surface area is 335 Å². The largest absolute Gasteiger partial charge is 0.497 e. The van der Waals surface area contributed by atoms with Crippen LogP contribution >= 0.6 is 0 Å². The molecule has 4 N–H and O–H groups in total. The van der Waals surface area contributed by atoms with Crippen molar-refractivity contribution in [1.29, 1.82) is 0 Å². The van der Waals surface area contributed by atoms with Crippen LogP contribution in [0.5, 0.6) is 5.75 Å². The number of aliphatic hydroxyl groups is 1. The number of methoxy groups -OCH3 is 1. The van der Waals surface area contributed by atoms with Crippen LogP contribution in [0, 0.1) is 5.41 Å². The van der Waals surface area contributed by atoms with Gasteiger partial charge in [0.05, 0.1) is 39.6 Å². The van der Waals surface area contributed by atoms with Crippen LogP contribution in [0.2, 0.25) is 0 Å². The average molecular weight is 777 g/mol. The highest BCUT2D eigenvalue weighted by Crippen LogP contribution is 2.48. The molecule has 310 valence electrons. The number of nitrogens with one attached hydrogen (secondary N) is 3. The fourth-order valence-corrected chi connectivity index (χ4v) is 8.65. The van der Waals surface area contributed by atoms with Crippen molar-refractivity contribution < 1.29 is 33.7 Å². The number of morpholine rings is 1. The van der Waals surface area contributed by atoms with Crippen molar-refractivity contribution in [2.75, 3.05) is 46.6 Å². The van der Waals surface area contributed by atoms with Gasteiger partial charge in [-0.2, -0.15) is 0 Å². The molecule has 2 saturated heterocycles. The summed E-state index contributed by atoms with van der Waals surface area (Å²) in [6.07, 6.45) is 14.1. The number of rotatable bonds is 15. The molecule has 1 saturated carbocycles. The second-order valence-electron chi connectivity index (χ2n) is 16.7. The Bertz CT molecular complexity index is 1480. The van der Waals surface area contributed by atoms with Crippen molar-refractivity contribution in [1.82, 2.24) is 20.9 Å². The smallest absolute Gasteiger partial charge is 0.243 e. The highest BCUT2D eigenvalue weighted by molar-refractivity contribution is 5.92. The molecule has 1 unspecified atom stereocenters. The Morgan fingerprint density at radius 3 is 1.88 bits per heavy atom. The zero-order valence-corrected chi connectivity index (χ0v) is 34.2. The molecule has 2 aliphatic heterocycles. The fourth-order valence-electron chi connectivity index (χ4n) is 8.65. The van der Waals surface area contributed by atoms with E-state index in [9.17, 15) is 19.5 Å². The Morgan fingerprint density at radius 2 is 1.32 bits per heavy atom. The third-order valence-electron chi connectivity index (χ3n) is 12.3. The van der Waals surface area contributed by atoms with Gasteiger partial charge >= 0.3 is 0 Å². The molecule has 3 aliphatic rings. The van der Waals surface area contributed by atoms with E-state index in [1.807, 2.05) is 54.3 Å². The normalized spacial score (nSPS) is 23.3. The molecule has 5 rings (SSSR count). The molecule has 1 aliphatic carbocycles. The molecule has 0 spiro atoms. The van der Waals surface area contributed by atoms with E-state index in [2.05, 4.69) is 28.1 Å². The number of epoxide rings is 1. The lowest BCUT2D eigenvalue weighted by Crippen LogP contribution is -2.62. The van der Waals surface area contributed by atoms with Crippen molar-refractivity contribution >= 4 is 17.7 Å². The maximum Gasteiger partial charge on any atom is 0.243 e. The number of amides is 3. The lowest BCUT2D eigenvalue weighted by Gasteiger charge is -2.47. The zero-order valence-electron chi connectivity index (χ0n) is 34.2. The quantitative estimate of drug-likeness (QED) is 0.174. The van der Waals surface area contributed by atoms with Crippen molar-refractivity contribution in [2.45, 2.75) is 140 Å². The molecule has 11 nitrogen and oxygen atoms in total. The number of ether oxygens (including phenoxy) is 3. The number of carbonyl (C=O) groups is 3. The lowest BCUT2D eigenvalue weighted by molar-refractivity contribution is -0.133. The summed E-state index contributed by atoms with van der Waals surface area (Å²) in [5, 5.41) is 21.8. The second kappa shape index (κ2) is 21.9. The van der Waals surface area contributed by atoms with Gasteiger partial charge in [0, 0.05) is 31.0 Å². The highest BCUT2D eigenvalue weighted by Gasteiger charge is 2.58. The van der Waals surface area contributed by atoms with Crippen LogP contribution in [0.3, 0.4) is 0 Å². The third kappa shape index (κ3) is 13.0. The number of nitrogens with zero attached hydrogens (tertiary/aromatic N) is 1. The summed E-state index contributed by atoms with van der Waals surface area (Å²) in [5.74, 6) is -0.330. The first-order valence-corrected chi connectivity index (χ1v) is 21.3. The van der Waals surface area contributed by atoms with E-state index in [1.165, 1.54) is 32.1 Å². The van der Waals surface area contributed by atoms with Crippen LogP contribution in [0.15, 0.2) is 54.6 Å². The van der Waals surface area contributed by atoms with E-state index in [1.54, 1.807) is 14.0 Å². The molecule has 0 radical (unpaired) electrons. The van der Waals surface area contributed by atoms with Crippen LogP contribution in [-0.4, -0.2) is 104 Å². The number of carbonyl (C=O) groups excluding carboxylic acids is 3. The standard InChI is InChI=1S/C45H68N4O7/c1-34(46-40(50)32-49-26-28-55-29-27-49)41(51)47-38(30-36-20-22-37(54-3)23-21-36)42(52)48-39(31-35-18-14-13-15-19-35)45(43(53)44(2)33-56-44)24-16-11-9-7-5-4-6-8-10-12-17-25-45/h13-15,18-23,34,38-39,43,53H,4-12,16-17,24-33H2,1-3H3,(H,46,50)(H,47,51)(H,48,52)/t34-,38-,39-,43?,44+/m0/s1. The summed E-state index contributed by atoms with van der Waals surface area (Å²) < 4.78 is 16.8. The number of aliphatic hydroxyl groups excluding tert-OH is 1. The Morgan fingerprint density at radius 1 is 0.768 bits per heavy atom. The van der Waals surface area contributed by atoms with E-state index < -0.39 is 41.2 Å². The first kappa shape index (κ1) is 43.6. The SMILES string of the molecule is COc1ccc(C[C@H](NC(=O)[C@H](C)NC(=O)CN2CCOCC2)C(=O)N[C@@H](Cc2ccccc2)C2(C(O)[C@@]3(C)CO3)CCCCCCCCCCCCC2)cc1. The summed E-state index contributed by atoms with van der Waals surface area (Å²) in [5.41, 5.74) is 0.562. The Kier molecular flexibility index (Phi) is 17.0. The predicted molar refractivity (Wildman–Crippen MR) is 218 cm³/mol. The summed E-state index contributed by atoms with van der Waals surface area (Å²) in [6, 6.07) is 15.4. The minimum Gasteiger partial charge on any atom is -0.497 e. The molecule has 3 amide bonds. The van der Waals surface area contributed by atoms with Crippen molar-refractivity contribution in [3.63, 3.8) is 0 Å². The molecule has 5 atom stereocenters. The molecule has 2 heterocycles. The molecule has 56 heavy (non-hydrogen) atoms. The van der Waals surface area contributed by atoms with E-state index in [4.69, 9.17) is 14.2 Å². The molecular weight excluding hydrogens is 709 g/mol. The maximum absolute atomic E-state index is 14.9. The lowest BCUT2D eigenvalue weighted by atomic mass is 9.63. The maximum atomic E-state index is 14.9. The van der Waals surface area contributed by atoms with Crippen molar-refractivity contribution in [2.24, 2.45) is 5.41 Å². The van der Waals surface area contributed by atoms with Crippen LogP contribution in [-0.2, 0) is 36.7 Å². The van der Waals surface area contributed by atoms with Gasteiger partial charge < -0.3 is 35.3 Å². The van der Waals surface area contributed by atoms with Gasteiger partial charge in [0.25, 0.3) is 0 Å². The van der Waals surface area contributed by atoms with E-state index in [0.717, 1.165) is 62.5 Å². The van der Waals surface area contributed by atoms with Crippen LogP contribution < -0.4 is 20.7 Å². The number of hydrogen-bond donors (Lipinski definition) is 4. The van der Waals surface area contributed by atoms with Crippen LogP contribution in [0.1, 0.15) is 108 Å². The summed E-state index contributed by atoms with van der Waals surface area (Å²) >= 11 is 0. The first-order valence-electron chi connectivity index (χ1n) is 21.3. The van der Waals surface area contributed by atoms with Gasteiger partial charge in [-0.1, -0.05) is 113 Å². The molecule has 0 aromatic heterocycles. The van der Waals surface area contributed by atoms with E-state index >= 15 is 0 Å². The van der Waals surface area contributed by atoms with Gasteiger partial charge in [0.15, 0.2) is 0 Å². The third-order valence-corrected chi connectivity index (χ3v) is 12.3. The molecule has 0 bridgehead atoms. The molecule has 3 fully saturated rings. The van der Waals surface area contributed by atoms with Gasteiger partial charge in [0.1, 0.15) is 23.4 Å². The van der Waals surface area contributed by atoms with Gasteiger partial charge in [0.2, 0.25) is 17.7 Å². The monoisotopic (exact) mass is 777 g/mol. The number of benzene rings is 2. The predicted octanol–water partition coefficient (Wildman–Crippen LogP) is 5.51. The summed E-state index contributed by atoms with van der Waals surface area (Å²) in [4.78, 5) is 43.6. The summed E-state index contributed by atoms with van der Waals surface area (Å²) in [6.45, 7) is 6.74. The molecular formula is C45H68N4O7. The zero-order chi connectivity index (χ0) is 39.8. The summed E-state index contributed by atoms with van der Waals surface area (Å²) in [7, 11) is 1.61. The van der Waals surface area contributed by atoms with Crippen molar-refractivity contribution in [3.05, 3.63) is 65.7 Å². The fraction of sp³-hybridized carbons (Fsp3) is 0.667. The van der Waals surface area contributed by atoms with Gasteiger partial charge in [-0.25, -0.2) is 0 Å². The minimum absolute atomic E-state index is 0.172. The minimum atomic E-state index is -0.951. The molecule has 2 aromatic rings. The van der Waals surface area contributed by atoms with E-state index in [-0.39, 0.29) is 24.8 Å².